The first kappa shape index (κ1) is 11.6. The predicted molar refractivity (Wildman–Crippen MR) is 66.0 cm³/mol. The molecule has 0 radical (unpaired) electrons. The number of hydrazone groups is 1. The van der Waals surface area contributed by atoms with E-state index in [4.69, 9.17) is 5.11 Å². The number of benzene rings is 1. The molecular weight excluding hydrogens is 216 g/mol. The van der Waals surface area contributed by atoms with Crippen molar-refractivity contribution in [1.82, 2.24) is 5.43 Å². The van der Waals surface area contributed by atoms with Gasteiger partial charge in [0, 0.05) is 11.3 Å². The molecule has 1 saturated carbocycles. The zero-order valence-corrected chi connectivity index (χ0v) is 9.81. The summed E-state index contributed by atoms with van der Waals surface area (Å²) in [5, 5.41) is 13.2. The minimum atomic E-state index is -0.239. The van der Waals surface area contributed by atoms with E-state index >= 15 is 0 Å². The van der Waals surface area contributed by atoms with Crippen LogP contribution in [0.25, 0.3) is 0 Å². The van der Waals surface area contributed by atoms with Gasteiger partial charge < -0.3 is 5.11 Å². The van der Waals surface area contributed by atoms with Crippen molar-refractivity contribution in [3.8, 4) is 5.75 Å². The average Bonchev–Trinajstić information content (AvgIpc) is 2.73. The fraction of sp³-hybridized carbons (Fsp3) is 0.385. The molecule has 0 aliphatic heterocycles. The third-order valence-corrected chi connectivity index (χ3v) is 2.95. The highest BCUT2D eigenvalue weighted by Gasteiger charge is 2.16. The Kier molecular flexibility index (Phi) is 3.42. The summed E-state index contributed by atoms with van der Waals surface area (Å²) in [7, 11) is 0. The smallest absolute Gasteiger partial charge is 0.271 e. The van der Waals surface area contributed by atoms with E-state index in [1.807, 2.05) is 0 Å². The van der Waals surface area contributed by atoms with Crippen LogP contribution in [0.15, 0.2) is 29.4 Å². The topological polar surface area (TPSA) is 61.7 Å². The van der Waals surface area contributed by atoms with E-state index < -0.39 is 0 Å². The maximum atomic E-state index is 11.7. The Hall–Kier alpha value is -1.84. The van der Waals surface area contributed by atoms with E-state index in [0.29, 0.717) is 11.5 Å². The largest absolute Gasteiger partial charge is 0.508 e. The third-order valence-electron chi connectivity index (χ3n) is 2.95. The summed E-state index contributed by atoms with van der Waals surface area (Å²) in [4.78, 5) is 11.7. The summed E-state index contributed by atoms with van der Waals surface area (Å²) in [5.41, 5.74) is 4.11. The Morgan fingerprint density at radius 2 is 2.12 bits per heavy atom. The molecule has 4 nitrogen and oxygen atoms in total. The predicted octanol–water partition coefficient (Wildman–Crippen LogP) is 2.30. The van der Waals surface area contributed by atoms with E-state index in [2.05, 4.69) is 17.5 Å². The van der Waals surface area contributed by atoms with E-state index in [9.17, 15) is 4.79 Å². The van der Waals surface area contributed by atoms with Crippen molar-refractivity contribution in [2.24, 2.45) is 11.0 Å². The number of amides is 1. The normalized spacial score (nSPS) is 21.7. The Morgan fingerprint density at radius 1 is 1.41 bits per heavy atom. The molecule has 0 heterocycles. The molecule has 1 aromatic rings. The molecule has 0 unspecified atom stereocenters. The van der Waals surface area contributed by atoms with Crippen LogP contribution in [-0.4, -0.2) is 16.7 Å². The van der Waals surface area contributed by atoms with Crippen molar-refractivity contribution in [2.45, 2.75) is 26.2 Å². The molecule has 90 valence electrons. The van der Waals surface area contributed by atoms with Crippen molar-refractivity contribution in [1.29, 1.82) is 0 Å². The molecule has 17 heavy (non-hydrogen) atoms. The first-order valence-corrected chi connectivity index (χ1v) is 5.80. The zero-order chi connectivity index (χ0) is 12.3. The Morgan fingerprint density at radius 3 is 2.71 bits per heavy atom. The number of rotatable bonds is 2. The lowest BCUT2D eigenvalue weighted by atomic mass is 10.1. The van der Waals surface area contributed by atoms with Crippen LogP contribution < -0.4 is 5.43 Å². The molecule has 0 saturated heterocycles. The monoisotopic (exact) mass is 232 g/mol. The van der Waals surface area contributed by atoms with E-state index in [1.54, 1.807) is 12.1 Å². The van der Waals surface area contributed by atoms with Crippen molar-refractivity contribution >= 4 is 11.6 Å². The van der Waals surface area contributed by atoms with Gasteiger partial charge in [-0.2, -0.15) is 5.10 Å². The second-order valence-corrected chi connectivity index (χ2v) is 4.51. The van der Waals surface area contributed by atoms with Crippen LogP contribution in [0.2, 0.25) is 0 Å². The molecule has 1 atom stereocenters. The number of hydrogen-bond donors (Lipinski definition) is 2. The molecule has 0 aromatic heterocycles. The molecule has 0 spiro atoms. The standard InChI is InChI=1S/C13H16N2O2/c1-9-2-5-11(8-9)14-15-13(17)10-3-6-12(16)7-4-10/h3-4,6-7,9,16H,2,5,8H2,1H3,(H,15,17)/b14-11-/t9-/m0/s1. The number of nitrogens with one attached hydrogen (secondary N) is 1. The SMILES string of the molecule is C[C@H]1CC/C(=N/NC(=O)c2ccc(O)cc2)C1. The summed E-state index contributed by atoms with van der Waals surface area (Å²) in [5.74, 6) is 0.578. The summed E-state index contributed by atoms with van der Waals surface area (Å²) < 4.78 is 0. The third kappa shape index (κ3) is 3.06. The number of phenols is 1. The molecule has 2 N–H and O–H groups in total. The van der Waals surface area contributed by atoms with Crippen LogP contribution in [0, 0.1) is 5.92 Å². The lowest BCUT2D eigenvalue weighted by Crippen LogP contribution is -2.18. The van der Waals surface area contributed by atoms with Gasteiger partial charge in [0.1, 0.15) is 5.75 Å². The van der Waals surface area contributed by atoms with E-state index in [-0.39, 0.29) is 11.7 Å². The molecule has 1 aliphatic rings. The first-order chi connectivity index (χ1) is 8.15. The van der Waals surface area contributed by atoms with Gasteiger partial charge in [0.2, 0.25) is 0 Å². The van der Waals surface area contributed by atoms with Gasteiger partial charge in [0.25, 0.3) is 5.91 Å². The summed E-state index contributed by atoms with van der Waals surface area (Å²) in [6.45, 7) is 2.18. The second-order valence-electron chi connectivity index (χ2n) is 4.51. The molecule has 0 bridgehead atoms. The van der Waals surface area contributed by atoms with E-state index in [0.717, 1.165) is 25.0 Å². The van der Waals surface area contributed by atoms with Crippen LogP contribution >= 0.6 is 0 Å². The minimum absolute atomic E-state index is 0.150. The Labute approximate surface area is 100 Å². The van der Waals surface area contributed by atoms with Gasteiger partial charge in [0.05, 0.1) is 0 Å². The fourth-order valence-corrected chi connectivity index (χ4v) is 1.93. The van der Waals surface area contributed by atoms with E-state index in [1.165, 1.54) is 12.1 Å². The molecule has 4 heteroatoms. The zero-order valence-electron chi connectivity index (χ0n) is 9.81. The fourth-order valence-electron chi connectivity index (χ4n) is 1.93. The number of aromatic hydroxyl groups is 1. The van der Waals surface area contributed by atoms with Crippen LogP contribution in [0.4, 0.5) is 0 Å². The van der Waals surface area contributed by atoms with Crippen molar-refractivity contribution in [2.75, 3.05) is 0 Å². The average molecular weight is 232 g/mol. The number of phenolic OH excluding ortho intramolecular Hbond substituents is 1. The quantitative estimate of drug-likeness (QED) is 0.768. The number of hydrogen-bond acceptors (Lipinski definition) is 3. The van der Waals surface area contributed by atoms with Gasteiger partial charge in [-0.15, -0.1) is 0 Å². The molecule has 1 fully saturated rings. The highest BCUT2D eigenvalue weighted by atomic mass is 16.3. The van der Waals surface area contributed by atoms with Crippen LogP contribution in [0.1, 0.15) is 36.5 Å². The summed E-state index contributed by atoms with van der Waals surface area (Å²) in [6.07, 6.45) is 3.08. The van der Waals surface area contributed by atoms with Gasteiger partial charge in [0.15, 0.2) is 0 Å². The van der Waals surface area contributed by atoms with Crippen LogP contribution in [0.5, 0.6) is 5.75 Å². The summed E-state index contributed by atoms with van der Waals surface area (Å²) >= 11 is 0. The van der Waals surface area contributed by atoms with Crippen LogP contribution in [0.3, 0.4) is 0 Å². The second kappa shape index (κ2) is 4.99. The Bertz CT molecular complexity index is 437. The number of carbonyl (C=O) groups is 1. The van der Waals surface area contributed by atoms with Gasteiger partial charge in [-0.25, -0.2) is 5.43 Å². The van der Waals surface area contributed by atoms with Gasteiger partial charge >= 0.3 is 0 Å². The van der Waals surface area contributed by atoms with Crippen LogP contribution in [-0.2, 0) is 0 Å². The lowest BCUT2D eigenvalue weighted by Gasteiger charge is -2.01. The maximum Gasteiger partial charge on any atom is 0.271 e. The molecule has 1 amide bonds. The number of nitrogens with zero attached hydrogens (tertiary/aromatic N) is 1. The molecule has 1 aromatic carbocycles. The number of carbonyl (C=O) groups excluding carboxylic acids is 1. The summed E-state index contributed by atoms with van der Waals surface area (Å²) in [6, 6.07) is 6.11. The highest BCUT2D eigenvalue weighted by molar-refractivity contribution is 5.95. The Balaban J connectivity index is 1.95. The lowest BCUT2D eigenvalue weighted by molar-refractivity contribution is 0.0954. The highest BCUT2D eigenvalue weighted by Crippen LogP contribution is 2.21. The van der Waals surface area contributed by atoms with Gasteiger partial charge in [-0.1, -0.05) is 6.92 Å². The molecule has 1 aliphatic carbocycles. The van der Waals surface area contributed by atoms with Gasteiger partial charge in [-0.3, -0.25) is 4.79 Å². The van der Waals surface area contributed by atoms with Gasteiger partial charge in [-0.05, 0) is 49.4 Å². The first-order valence-electron chi connectivity index (χ1n) is 5.80. The molecular formula is C13H16N2O2. The maximum absolute atomic E-state index is 11.7. The minimum Gasteiger partial charge on any atom is -0.508 e. The van der Waals surface area contributed by atoms with Crippen molar-refractivity contribution in [3.63, 3.8) is 0 Å². The van der Waals surface area contributed by atoms with Crippen molar-refractivity contribution < 1.29 is 9.90 Å². The van der Waals surface area contributed by atoms with Crippen molar-refractivity contribution in [3.05, 3.63) is 29.8 Å². The molecule has 2 rings (SSSR count).